The minimum absolute atomic E-state index is 0.138. The Labute approximate surface area is 149 Å². The van der Waals surface area contributed by atoms with Crippen molar-refractivity contribution in [1.29, 1.82) is 0 Å². The summed E-state index contributed by atoms with van der Waals surface area (Å²) in [6.07, 6.45) is 0. The van der Waals surface area contributed by atoms with Crippen LogP contribution in [0.15, 0.2) is 41.3 Å². The van der Waals surface area contributed by atoms with E-state index in [-0.39, 0.29) is 10.8 Å². The average Bonchev–Trinajstić information content (AvgIpc) is 2.92. The van der Waals surface area contributed by atoms with Gasteiger partial charge in [-0.25, -0.2) is 8.42 Å². The largest absolute Gasteiger partial charge is 0.350 e. The van der Waals surface area contributed by atoms with E-state index < -0.39 is 10.0 Å². The van der Waals surface area contributed by atoms with E-state index in [1.165, 1.54) is 16.4 Å². The Bertz CT molecular complexity index is 852. The third kappa shape index (κ3) is 4.11. The summed E-state index contributed by atoms with van der Waals surface area (Å²) >= 11 is 0. The molecule has 2 rings (SSSR count). The van der Waals surface area contributed by atoms with E-state index in [0.29, 0.717) is 25.2 Å². The van der Waals surface area contributed by atoms with Crippen LogP contribution in [0.2, 0.25) is 0 Å². The standard InChI is InChI=1S/C18H25N3O3S/c1-5-21(6-2)25(23,24)17-9-7-8-15(12-17)18(22)19-13-16-11-10-14(3)20(16)4/h7-12H,5-6,13H2,1-4H3,(H,19,22). The topological polar surface area (TPSA) is 71.4 Å². The summed E-state index contributed by atoms with van der Waals surface area (Å²) in [6, 6.07) is 10.1. The SMILES string of the molecule is CCN(CC)S(=O)(=O)c1cccc(C(=O)NCc2ccc(C)n2C)c1. The van der Waals surface area contributed by atoms with Gasteiger partial charge in [-0.2, -0.15) is 4.31 Å². The zero-order valence-corrected chi connectivity index (χ0v) is 15.9. The number of sulfonamides is 1. The number of hydrogen-bond acceptors (Lipinski definition) is 3. The van der Waals surface area contributed by atoms with Crippen molar-refractivity contribution >= 4 is 15.9 Å². The highest BCUT2D eigenvalue weighted by Gasteiger charge is 2.22. The van der Waals surface area contributed by atoms with Gasteiger partial charge in [-0.15, -0.1) is 0 Å². The maximum Gasteiger partial charge on any atom is 0.251 e. The Hall–Kier alpha value is -2.12. The fourth-order valence-electron chi connectivity index (χ4n) is 2.63. The molecular formula is C18H25N3O3S. The van der Waals surface area contributed by atoms with Crippen LogP contribution in [0.3, 0.4) is 0 Å². The molecule has 0 aliphatic rings. The summed E-state index contributed by atoms with van der Waals surface area (Å²) in [4.78, 5) is 12.5. The van der Waals surface area contributed by atoms with Crippen LogP contribution in [0.25, 0.3) is 0 Å². The number of carbonyl (C=O) groups is 1. The summed E-state index contributed by atoms with van der Waals surface area (Å²) in [5, 5.41) is 2.84. The molecule has 0 unspecified atom stereocenters. The number of nitrogens with zero attached hydrogens (tertiary/aromatic N) is 2. The summed E-state index contributed by atoms with van der Waals surface area (Å²) in [5.74, 6) is -0.296. The van der Waals surface area contributed by atoms with Crippen molar-refractivity contribution in [3.05, 3.63) is 53.3 Å². The number of nitrogens with one attached hydrogen (secondary N) is 1. The maximum atomic E-state index is 12.6. The summed E-state index contributed by atoms with van der Waals surface area (Å²) in [6.45, 7) is 6.74. The second-order valence-electron chi connectivity index (χ2n) is 5.82. The molecule has 0 radical (unpaired) electrons. The highest BCUT2D eigenvalue weighted by Crippen LogP contribution is 2.17. The predicted molar refractivity (Wildman–Crippen MR) is 97.9 cm³/mol. The maximum absolute atomic E-state index is 12.6. The molecule has 1 N–H and O–H groups in total. The van der Waals surface area contributed by atoms with Crippen LogP contribution in [-0.2, 0) is 23.6 Å². The number of aryl methyl sites for hydroxylation is 1. The zero-order valence-electron chi connectivity index (χ0n) is 15.1. The Morgan fingerprint density at radius 2 is 1.84 bits per heavy atom. The highest BCUT2D eigenvalue weighted by atomic mass is 32.2. The zero-order chi connectivity index (χ0) is 18.6. The fraction of sp³-hybridized carbons (Fsp3) is 0.389. The van der Waals surface area contributed by atoms with Crippen molar-refractivity contribution in [2.24, 2.45) is 7.05 Å². The number of aromatic nitrogens is 1. The Balaban J connectivity index is 2.18. The molecule has 1 heterocycles. The Morgan fingerprint density at radius 1 is 1.16 bits per heavy atom. The highest BCUT2D eigenvalue weighted by molar-refractivity contribution is 7.89. The number of rotatable bonds is 7. The van der Waals surface area contributed by atoms with Gasteiger partial charge in [0.15, 0.2) is 0 Å². The smallest absolute Gasteiger partial charge is 0.251 e. The lowest BCUT2D eigenvalue weighted by molar-refractivity contribution is 0.0950. The van der Waals surface area contributed by atoms with Gasteiger partial charge >= 0.3 is 0 Å². The first-order valence-electron chi connectivity index (χ1n) is 8.30. The van der Waals surface area contributed by atoms with Crippen molar-refractivity contribution in [2.75, 3.05) is 13.1 Å². The lowest BCUT2D eigenvalue weighted by Crippen LogP contribution is -2.31. The molecule has 0 spiro atoms. The van der Waals surface area contributed by atoms with Gasteiger partial charge < -0.3 is 9.88 Å². The van der Waals surface area contributed by atoms with Crippen LogP contribution in [0, 0.1) is 6.92 Å². The van der Waals surface area contributed by atoms with E-state index in [1.807, 2.05) is 30.7 Å². The van der Waals surface area contributed by atoms with E-state index in [9.17, 15) is 13.2 Å². The molecule has 1 amide bonds. The van der Waals surface area contributed by atoms with Crippen LogP contribution in [-0.4, -0.2) is 36.3 Å². The molecule has 1 aromatic heterocycles. The summed E-state index contributed by atoms with van der Waals surface area (Å²) < 4.78 is 28.5. The van der Waals surface area contributed by atoms with Crippen molar-refractivity contribution < 1.29 is 13.2 Å². The molecule has 0 saturated carbocycles. The van der Waals surface area contributed by atoms with Crippen molar-refractivity contribution in [1.82, 2.24) is 14.2 Å². The number of carbonyl (C=O) groups excluding carboxylic acids is 1. The van der Waals surface area contributed by atoms with Crippen LogP contribution >= 0.6 is 0 Å². The van der Waals surface area contributed by atoms with Crippen LogP contribution in [0.1, 0.15) is 35.6 Å². The molecule has 6 nitrogen and oxygen atoms in total. The quantitative estimate of drug-likeness (QED) is 0.820. The average molecular weight is 363 g/mol. The fourth-order valence-corrected chi connectivity index (χ4v) is 4.13. The molecule has 0 aliphatic carbocycles. The minimum atomic E-state index is -3.58. The molecule has 0 bridgehead atoms. The third-order valence-corrected chi connectivity index (χ3v) is 6.39. The second kappa shape index (κ2) is 7.84. The van der Waals surface area contributed by atoms with Gasteiger partial charge in [-0.3, -0.25) is 4.79 Å². The second-order valence-corrected chi connectivity index (χ2v) is 7.76. The number of amides is 1. The van der Waals surface area contributed by atoms with E-state index in [0.717, 1.165) is 11.4 Å². The molecule has 136 valence electrons. The molecule has 25 heavy (non-hydrogen) atoms. The van der Waals surface area contributed by atoms with E-state index in [2.05, 4.69) is 5.32 Å². The number of hydrogen-bond donors (Lipinski definition) is 1. The monoisotopic (exact) mass is 363 g/mol. The van der Waals surface area contributed by atoms with E-state index in [1.54, 1.807) is 26.0 Å². The first kappa shape index (κ1) is 19.2. The van der Waals surface area contributed by atoms with Crippen molar-refractivity contribution in [3.63, 3.8) is 0 Å². The minimum Gasteiger partial charge on any atom is -0.350 e. The molecule has 1 aromatic carbocycles. The van der Waals surface area contributed by atoms with Gasteiger partial charge in [0.2, 0.25) is 10.0 Å². The predicted octanol–water partition coefficient (Wildman–Crippen LogP) is 2.29. The molecular weight excluding hydrogens is 338 g/mol. The molecule has 0 fully saturated rings. The van der Waals surface area contributed by atoms with Gasteiger partial charge in [0.25, 0.3) is 5.91 Å². The van der Waals surface area contributed by atoms with Crippen LogP contribution < -0.4 is 5.32 Å². The third-order valence-electron chi connectivity index (χ3n) is 4.35. The van der Waals surface area contributed by atoms with Gasteiger partial charge in [0.05, 0.1) is 11.4 Å². The van der Waals surface area contributed by atoms with Crippen LogP contribution in [0.5, 0.6) is 0 Å². The summed E-state index contributed by atoms with van der Waals surface area (Å²) in [7, 11) is -1.64. The Morgan fingerprint density at radius 3 is 2.40 bits per heavy atom. The Kier molecular flexibility index (Phi) is 6.02. The molecule has 0 aliphatic heterocycles. The molecule has 0 saturated heterocycles. The van der Waals surface area contributed by atoms with Crippen molar-refractivity contribution in [2.45, 2.75) is 32.2 Å². The molecule has 7 heteroatoms. The first-order valence-corrected chi connectivity index (χ1v) is 9.74. The van der Waals surface area contributed by atoms with E-state index >= 15 is 0 Å². The normalized spacial score (nSPS) is 11.7. The first-order chi connectivity index (χ1) is 11.8. The van der Waals surface area contributed by atoms with Gasteiger partial charge in [-0.05, 0) is 37.3 Å². The van der Waals surface area contributed by atoms with Crippen molar-refractivity contribution in [3.8, 4) is 0 Å². The summed E-state index contributed by atoms with van der Waals surface area (Å²) in [5.41, 5.74) is 2.42. The molecule has 0 atom stereocenters. The van der Waals surface area contributed by atoms with Gasteiger partial charge in [0.1, 0.15) is 0 Å². The number of benzene rings is 1. The van der Waals surface area contributed by atoms with E-state index in [4.69, 9.17) is 0 Å². The van der Waals surface area contributed by atoms with Gasteiger partial charge in [0, 0.05) is 37.1 Å². The lowest BCUT2D eigenvalue weighted by Gasteiger charge is -2.18. The van der Waals surface area contributed by atoms with Gasteiger partial charge in [-0.1, -0.05) is 19.9 Å². The molecule has 2 aromatic rings. The van der Waals surface area contributed by atoms with Crippen LogP contribution in [0.4, 0.5) is 0 Å². The lowest BCUT2D eigenvalue weighted by atomic mass is 10.2.